The summed E-state index contributed by atoms with van der Waals surface area (Å²) < 4.78 is 0. The fraction of sp³-hybridized carbons (Fsp3) is 0.182. The third-order valence-corrected chi connectivity index (χ3v) is 2.59. The van der Waals surface area contributed by atoms with E-state index < -0.39 is 0 Å². The minimum Gasteiger partial charge on any atom is -0.226 e. The monoisotopic (exact) mass is 216 g/mol. The normalized spacial score (nSPS) is 11.1. The van der Waals surface area contributed by atoms with Crippen LogP contribution in [0.3, 0.4) is 0 Å². The highest BCUT2D eigenvalue weighted by molar-refractivity contribution is 7.13. The van der Waals surface area contributed by atoms with E-state index in [1.54, 1.807) is 6.20 Å². The zero-order valence-electron chi connectivity index (χ0n) is 8.56. The molecular weight excluding hydrogens is 206 g/mol. The van der Waals surface area contributed by atoms with Gasteiger partial charge in [0.05, 0.1) is 5.69 Å². The summed E-state index contributed by atoms with van der Waals surface area (Å²) in [6.07, 6.45) is 1.72. The van der Waals surface area contributed by atoms with Gasteiger partial charge in [-0.3, -0.25) is 0 Å². The van der Waals surface area contributed by atoms with Gasteiger partial charge in [-0.05, 0) is 43.2 Å². The predicted molar refractivity (Wildman–Crippen MR) is 61.0 cm³/mol. The summed E-state index contributed by atoms with van der Waals surface area (Å²) in [5, 5.41) is 10.8. The maximum absolute atomic E-state index is 4.16. The lowest BCUT2D eigenvalue weighted by atomic mass is 10.1. The summed E-state index contributed by atoms with van der Waals surface area (Å²) >= 11 is 1.47. The van der Waals surface area contributed by atoms with Gasteiger partial charge in [0.1, 0.15) is 0 Å². The molecule has 1 aromatic carbocycles. The molecule has 1 radical (unpaired) electrons. The molecule has 0 saturated carbocycles. The molecule has 15 heavy (non-hydrogen) atoms. The Balaban J connectivity index is 2.27. The summed E-state index contributed by atoms with van der Waals surface area (Å²) in [6.45, 7) is 3.98. The Morgan fingerprint density at radius 1 is 1.33 bits per heavy atom. The molecule has 0 unspecified atom stereocenters. The lowest BCUT2D eigenvalue weighted by molar-refractivity contribution is 1.18. The van der Waals surface area contributed by atoms with E-state index in [4.69, 9.17) is 0 Å². The van der Waals surface area contributed by atoms with Crippen molar-refractivity contribution in [3.63, 3.8) is 0 Å². The molecule has 0 N–H and O–H groups in total. The fourth-order valence-electron chi connectivity index (χ4n) is 1.13. The Bertz CT molecular complexity index is 475. The second-order valence-electron chi connectivity index (χ2n) is 3.20. The van der Waals surface area contributed by atoms with Crippen molar-refractivity contribution in [1.29, 1.82) is 0 Å². The zero-order chi connectivity index (χ0) is 10.7. The maximum atomic E-state index is 4.16. The van der Waals surface area contributed by atoms with Crippen LogP contribution in [0.1, 0.15) is 11.1 Å². The van der Waals surface area contributed by atoms with Crippen LogP contribution in [0.5, 0.6) is 0 Å². The molecule has 0 bridgehead atoms. The minimum absolute atomic E-state index is 0.680. The van der Waals surface area contributed by atoms with E-state index in [1.165, 1.54) is 11.3 Å². The first-order chi connectivity index (χ1) is 7.25. The van der Waals surface area contributed by atoms with Crippen LogP contribution in [0.2, 0.25) is 0 Å². The largest absolute Gasteiger partial charge is 0.229 e. The van der Waals surface area contributed by atoms with Gasteiger partial charge in [-0.15, -0.1) is 21.6 Å². The first-order valence-electron chi connectivity index (χ1n) is 4.56. The van der Waals surface area contributed by atoms with Crippen molar-refractivity contribution in [2.75, 3.05) is 0 Å². The summed E-state index contributed by atoms with van der Waals surface area (Å²) in [6, 6.07) is 7.01. The van der Waals surface area contributed by atoms with E-state index in [-0.39, 0.29) is 0 Å². The Labute approximate surface area is 92.5 Å². The van der Waals surface area contributed by atoms with Crippen LogP contribution in [-0.4, -0.2) is 4.98 Å². The van der Waals surface area contributed by atoms with Crippen molar-refractivity contribution in [3.05, 3.63) is 40.9 Å². The number of nitrogens with zero attached hydrogens (tertiary/aromatic N) is 3. The molecule has 75 valence electrons. The van der Waals surface area contributed by atoms with Gasteiger partial charge in [0.2, 0.25) is 5.13 Å². The van der Waals surface area contributed by atoms with Crippen molar-refractivity contribution in [2.45, 2.75) is 13.8 Å². The van der Waals surface area contributed by atoms with E-state index >= 15 is 0 Å². The average Bonchev–Trinajstić information content (AvgIpc) is 2.72. The van der Waals surface area contributed by atoms with E-state index in [0.29, 0.717) is 5.13 Å². The van der Waals surface area contributed by atoms with Crippen molar-refractivity contribution < 1.29 is 0 Å². The Hall–Kier alpha value is -1.55. The highest BCUT2D eigenvalue weighted by Gasteiger charge is 1.97. The number of thiazole rings is 1. The molecule has 0 aliphatic rings. The van der Waals surface area contributed by atoms with E-state index in [9.17, 15) is 0 Å². The first-order valence-corrected chi connectivity index (χ1v) is 5.44. The molecule has 3 nitrogen and oxygen atoms in total. The molecule has 1 aromatic heterocycles. The third kappa shape index (κ3) is 2.47. The summed E-state index contributed by atoms with van der Waals surface area (Å²) in [5.74, 6) is 0. The number of aryl methyl sites for hydroxylation is 2. The van der Waals surface area contributed by atoms with E-state index in [0.717, 1.165) is 16.8 Å². The van der Waals surface area contributed by atoms with Gasteiger partial charge in [0.25, 0.3) is 0 Å². The molecule has 0 aliphatic heterocycles. The van der Waals surface area contributed by atoms with Crippen molar-refractivity contribution in [3.8, 4) is 0 Å². The quantitative estimate of drug-likeness (QED) is 0.700. The van der Waals surface area contributed by atoms with Crippen molar-refractivity contribution in [1.82, 2.24) is 4.98 Å². The van der Waals surface area contributed by atoms with Gasteiger partial charge in [-0.2, -0.15) is 0 Å². The topological polar surface area (TPSA) is 37.6 Å². The number of hydrogen-bond donors (Lipinski definition) is 0. The Kier molecular flexibility index (Phi) is 2.87. The number of hydrogen-bond acceptors (Lipinski definition) is 4. The maximum Gasteiger partial charge on any atom is 0.229 e. The summed E-state index contributed by atoms with van der Waals surface area (Å²) in [7, 11) is 0. The zero-order valence-corrected chi connectivity index (χ0v) is 9.38. The lowest BCUT2D eigenvalue weighted by Crippen LogP contribution is -1.76. The molecule has 0 fully saturated rings. The van der Waals surface area contributed by atoms with Crippen LogP contribution in [0.25, 0.3) is 0 Å². The standard InChI is InChI=1S/C11H10N3S/c1-8-3-4-9(2)10(7-8)13-14-11-12-5-6-15-11/h4-7H,1-2H3. The number of benzene rings is 1. The van der Waals surface area contributed by atoms with E-state index in [2.05, 4.69) is 21.3 Å². The van der Waals surface area contributed by atoms with Crippen LogP contribution in [0, 0.1) is 19.9 Å². The smallest absolute Gasteiger partial charge is 0.226 e. The third-order valence-electron chi connectivity index (χ3n) is 1.94. The Morgan fingerprint density at radius 3 is 2.93 bits per heavy atom. The summed E-state index contributed by atoms with van der Waals surface area (Å²) in [4.78, 5) is 4.03. The number of aromatic nitrogens is 1. The van der Waals surface area contributed by atoms with Crippen molar-refractivity contribution >= 4 is 22.2 Å². The van der Waals surface area contributed by atoms with Crippen molar-refractivity contribution in [2.24, 2.45) is 10.2 Å². The number of rotatable bonds is 2. The fourth-order valence-corrected chi connectivity index (χ4v) is 1.58. The second-order valence-corrected chi connectivity index (χ2v) is 4.07. The van der Waals surface area contributed by atoms with Gasteiger partial charge in [0.15, 0.2) is 0 Å². The second kappa shape index (κ2) is 4.31. The van der Waals surface area contributed by atoms with E-state index in [1.807, 2.05) is 31.4 Å². The van der Waals surface area contributed by atoms with Crippen LogP contribution >= 0.6 is 11.3 Å². The lowest BCUT2D eigenvalue weighted by Gasteiger charge is -1.98. The number of azo groups is 1. The molecule has 4 heteroatoms. The van der Waals surface area contributed by atoms with Crippen LogP contribution in [0.4, 0.5) is 10.8 Å². The molecule has 0 spiro atoms. The van der Waals surface area contributed by atoms with Crippen LogP contribution < -0.4 is 0 Å². The molecule has 2 rings (SSSR count). The first kappa shape index (κ1) is 9.98. The molecule has 0 aliphatic carbocycles. The van der Waals surface area contributed by atoms with Crippen LogP contribution in [0.15, 0.2) is 33.9 Å². The minimum atomic E-state index is 0.680. The van der Waals surface area contributed by atoms with Crippen LogP contribution in [-0.2, 0) is 0 Å². The summed E-state index contributed by atoms with van der Waals surface area (Å²) in [5.41, 5.74) is 3.01. The average molecular weight is 216 g/mol. The van der Waals surface area contributed by atoms with Gasteiger partial charge in [-0.1, -0.05) is 0 Å². The molecule has 0 amide bonds. The molecular formula is C11H10N3S. The van der Waals surface area contributed by atoms with Gasteiger partial charge in [0, 0.05) is 11.6 Å². The predicted octanol–water partition coefficient (Wildman–Crippen LogP) is 3.98. The SMILES string of the molecule is Cc1[c]cc(C)c(N=Nc2nccs2)c1. The molecule has 1 heterocycles. The van der Waals surface area contributed by atoms with Gasteiger partial charge >= 0.3 is 0 Å². The molecule has 0 atom stereocenters. The van der Waals surface area contributed by atoms with Gasteiger partial charge in [-0.25, -0.2) is 4.98 Å². The highest BCUT2D eigenvalue weighted by Crippen LogP contribution is 2.23. The molecule has 2 aromatic rings. The molecule has 0 saturated heterocycles. The van der Waals surface area contributed by atoms with Gasteiger partial charge < -0.3 is 0 Å². The highest BCUT2D eigenvalue weighted by atomic mass is 32.1. The Morgan fingerprint density at radius 2 is 2.20 bits per heavy atom.